The molecule has 82 valence electrons. The standard InChI is InChI=1S/C14H16N2/c1-10(2)16-13-8-4-3-6-11(13)12-7-5-9-15-14(12)16/h3,5-7,9-10H,4,8H2,1-2H3. The second kappa shape index (κ2) is 3.48. The van der Waals surface area contributed by atoms with Crippen molar-refractivity contribution in [2.45, 2.75) is 32.7 Å². The molecule has 1 aliphatic carbocycles. The van der Waals surface area contributed by atoms with Crippen molar-refractivity contribution < 1.29 is 0 Å². The fourth-order valence-corrected chi connectivity index (χ4v) is 2.63. The van der Waals surface area contributed by atoms with Crippen LogP contribution >= 0.6 is 0 Å². The van der Waals surface area contributed by atoms with Crippen LogP contribution in [0.1, 0.15) is 37.6 Å². The highest BCUT2D eigenvalue weighted by atomic mass is 15.1. The molecular formula is C14H16N2. The minimum atomic E-state index is 0.479. The molecule has 0 bridgehead atoms. The van der Waals surface area contributed by atoms with E-state index in [9.17, 15) is 0 Å². The van der Waals surface area contributed by atoms with E-state index in [1.165, 1.54) is 16.6 Å². The average molecular weight is 212 g/mol. The van der Waals surface area contributed by atoms with Gasteiger partial charge in [-0.25, -0.2) is 4.98 Å². The monoisotopic (exact) mass is 212 g/mol. The van der Waals surface area contributed by atoms with E-state index in [-0.39, 0.29) is 0 Å². The number of aromatic nitrogens is 2. The zero-order valence-electron chi connectivity index (χ0n) is 9.77. The molecule has 0 aromatic carbocycles. The highest BCUT2D eigenvalue weighted by Crippen LogP contribution is 2.32. The van der Waals surface area contributed by atoms with Crippen LogP contribution in [0.2, 0.25) is 0 Å². The SMILES string of the molecule is CC(C)n1c2c(c3cccnc31)C=CCC2. The summed E-state index contributed by atoms with van der Waals surface area (Å²) in [5, 5.41) is 1.29. The van der Waals surface area contributed by atoms with Crippen molar-refractivity contribution in [3.05, 3.63) is 35.7 Å². The van der Waals surface area contributed by atoms with Gasteiger partial charge in [0.2, 0.25) is 0 Å². The molecule has 2 aromatic rings. The van der Waals surface area contributed by atoms with Gasteiger partial charge in [0, 0.05) is 28.9 Å². The minimum absolute atomic E-state index is 0.479. The molecule has 3 rings (SSSR count). The second-order valence-electron chi connectivity index (χ2n) is 4.64. The summed E-state index contributed by atoms with van der Waals surface area (Å²) in [5.74, 6) is 0. The van der Waals surface area contributed by atoms with Crippen LogP contribution < -0.4 is 0 Å². The highest BCUT2D eigenvalue weighted by molar-refractivity contribution is 5.89. The molecule has 0 saturated carbocycles. The maximum absolute atomic E-state index is 4.54. The fourth-order valence-electron chi connectivity index (χ4n) is 2.63. The molecule has 2 heteroatoms. The molecule has 1 aliphatic rings. The normalized spacial score (nSPS) is 14.7. The minimum Gasteiger partial charge on any atom is -0.327 e. The third kappa shape index (κ3) is 1.22. The molecule has 0 fully saturated rings. The van der Waals surface area contributed by atoms with Gasteiger partial charge in [-0.3, -0.25) is 0 Å². The molecule has 0 atom stereocenters. The molecule has 0 spiro atoms. The van der Waals surface area contributed by atoms with Crippen LogP contribution in [0, 0.1) is 0 Å². The molecule has 0 saturated heterocycles. The van der Waals surface area contributed by atoms with Gasteiger partial charge >= 0.3 is 0 Å². The van der Waals surface area contributed by atoms with Gasteiger partial charge in [0.25, 0.3) is 0 Å². The molecule has 2 heterocycles. The van der Waals surface area contributed by atoms with Crippen LogP contribution in [0.25, 0.3) is 17.1 Å². The Morgan fingerprint density at radius 3 is 3.06 bits per heavy atom. The number of nitrogens with zero attached hydrogens (tertiary/aromatic N) is 2. The number of hydrogen-bond acceptors (Lipinski definition) is 1. The predicted octanol–water partition coefficient (Wildman–Crippen LogP) is 3.58. The first-order valence-electron chi connectivity index (χ1n) is 5.93. The number of hydrogen-bond donors (Lipinski definition) is 0. The largest absolute Gasteiger partial charge is 0.327 e. The van der Waals surface area contributed by atoms with Crippen molar-refractivity contribution in [1.29, 1.82) is 0 Å². The molecule has 0 N–H and O–H groups in total. The maximum Gasteiger partial charge on any atom is 0.140 e. The van der Waals surface area contributed by atoms with Crippen molar-refractivity contribution in [2.75, 3.05) is 0 Å². The molecule has 0 amide bonds. The van der Waals surface area contributed by atoms with E-state index in [0.29, 0.717) is 6.04 Å². The molecule has 16 heavy (non-hydrogen) atoms. The fraction of sp³-hybridized carbons (Fsp3) is 0.357. The lowest BCUT2D eigenvalue weighted by atomic mass is 10.0. The van der Waals surface area contributed by atoms with Crippen LogP contribution in [0.15, 0.2) is 24.4 Å². The van der Waals surface area contributed by atoms with Crippen LogP contribution in [0.4, 0.5) is 0 Å². The summed E-state index contributed by atoms with van der Waals surface area (Å²) in [6.45, 7) is 4.46. The van der Waals surface area contributed by atoms with Crippen LogP contribution in [-0.2, 0) is 6.42 Å². The lowest BCUT2D eigenvalue weighted by Crippen LogP contribution is -2.07. The summed E-state index contributed by atoms with van der Waals surface area (Å²) in [6, 6.07) is 4.68. The third-order valence-corrected chi connectivity index (χ3v) is 3.26. The molecule has 2 aromatic heterocycles. The summed E-state index contributed by atoms with van der Waals surface area (Å²) in [7, 11) is 0. The molecular weight excluding hydrogens is 196 g/mol. The Bertz CT molecular complexity index is 561. The maximum atomic E-state index is 4.54. The van der Waals surface area contributed by atoms with E-state index in [4.69, 9.17) is 0 Å². The summed E-state index contributed by atoms with van der Waals surface area (Å²) in [4.78, 5) is 4.54. The third-order valence-electron chi connectivity index (χ3n) is 3.26. The van der Waals surface area contributed by atoms with E-state index in [1.807, 2.05) is 12.3 Å². The molecule has 0 unspecified atom stereocenters. The number of allylic oxidation sites excluding steroid dienone is 1. The lowest BCUT2D eigenvalue weighted by Gasteiger charge is -2.15. The van der Waals surface area contributed by atoms with Gasteiger partial charge in [-0.15, -0.1) is 0 Å². The van der Waals surface area contributed by atoms with Crippen molar-refractivity contribution >= 4 is 17.1 Å². The Morgan fingerprint density at radius 1 is 1.38 bits per heavy atom. The van der Waals surface area contributed by atoms with Crippen LogP contribution in [0.3, 0.4) is 0 Å². The van der Waals surface area contributed by atoms with Crippen molar-refractivity contribution in [3.63, 3.8) is 0 Å². The van der Waals surface area contributed by atoms with Gasteiger partial charge in [-0.1, -0.05) is 12.2 Å². The topological polar surface area (TPSA) is 17.8 Å². The molecule has 0 radical (unpaired) electrons. The van der Waals surface area contributed by atoms with E-state index >= 15 is 0 Å². The Labute approximate surface area is 95.6 Å². The van der Waals surface area contributed by atoms with E-state index in [2.05, 4.69) is 41.6 Å². The van der Waals surface area contributed by atoms with Crippen molar-refractivity contribution in [3.8, 4) is 0 Å². The number of pyridine rings is 1. The Balaban J connectivity index is 2.43. The predicted molar refractivity (Wildman–Crippen MR) is 67.5 cm³/mol. The molecule has 0 aliphatic heterocycles. The zero-order chi connectivity index (χ0) is 11.1. The van der Waals surface area contributed by atoms with Gasteiger partial charge < -0.3 is 4.57 Å². The Morgan fingerprint density at radius 2 is 2.25 bits per heavy atom. The second-order valence-corrected chi connectivity index (χ2v) is 4.64. The van der Waals surface area contributed by atoms with Gasteiger partial charge in [-0.2, -0.15) is 0 Å². The van der Waals surface area contributed by atoms with Gasteiger partial charge in [-0.05, 0) is 38.8 Å². The summed E-state index contributed by atoms with van der Waals surface area (Å²) >= 11 is 0. The Kier molecular flexibility index (Phi) is 2.10. The number of fused-ring (bicyclic) bond motifs is 3. The Hall–Kier alpha value is -1.57. The first-order valence-corrected chi connectivity index (χ1v) is 5.93. The van der Waals surface area contributed by atoms with Crippen molar-refractivity contribution in [1.82, 2.24) is 9.55 Å². The van der Waals surface area contributed by atoms with Gasteiger partial charge in [0.05, 0.1) is 0 Å². The number of rotatable bonds is 1. The zero-order valence-corrected chi connectivity index (χ0v) is 9.77. The van der Waals surface area contributed by atoms with Crippen LogP contribution in [-0.4, -0.2) is 9.55 Å². The first-order chi connectivity index (χ1) is 7.79. The molecule has 2 nitrogen and oxygen atoms in total. The lowest BCUT2D eigenvalue weighted by molar-refractivity contribution is 0.587. The summed E-state index contributed by atoms with van der Waals surface area (Å²) in [5.41, 5.74) is 3.96. The quantitative estimate of drug-likeness (QED) is 0.706. The van der Waals surface area contributed by atoms with Gasteiger partial charge in [0.1, 0.15) is 5.65 Å². The van der Waals surface area contributed by atoms with E-state index in [0.717, 1.165) is 18.5 Å². The summed E-state index contributed by atoms with van der Waals surface area (Å²) < 4.78 is 2.38. The van der Waals surface area contributed by atoms with E-state index < -0.39 is 0 Å². The average Bonchev–Trinajstić information content (AvgIpc) is 2.63. The summed E-state index contributed by atoms with van der Waals surface area (Å²) in [6.07, 6.45) is 8.69. The van der Waals surface area contributed by atoms with Gasteiger partial charge in [0.15, 0.2) is 0 Å². The first kappa shape index (κ1) is 9.64. The smallest absolute Gasteiger partial charge is 0.140 e. The van der Waals surface area contributed by atoms with Crippen molar-refractivity contribution in [2.24, 2.45) is 0 Å². The van der Waals surface area contributed by atoms with Crippen LogP contribution in [0.5, 0.6) is 0 Å². The van der Waals surface area contributed by atoms with E-state index in [1.54, 1.807) is 0 Å². The highest BCUT2D eigenvalue weighted by Gasteiger charge is 2.18.